The lowest BCUT2D eigenvalue weighted by atomic mass is 10.3. The van der Waals surface area contributed by atoms with Crippen molar-refractivity contribution < 1.29 is 9.90 Å². The highest BCUT2D eigenvalue weighted by Crippen LogP contribution is 2.25. The number of hydrogen-bond acceptors (Lipinski definition) is 3. The van der Waals surface area contributed by atoms with Crippen LogP contribution in [-0.4, -0.2) is 33.4 Å². The molecular weight excluding hydrogens is 313 g/mol. The fraction of sp³-hybridized carbons (Fsp3) is 0.286. The predicted molar refractivity (Wildman–Crippen MR) is 82.3 cm³/mol. The molecule has 1 heterocycles. The molecule has 2 aromatic rings. The van der Waals surface area contributed by atoms with Crippen LogP contribution in [0, 0.1) is 6.92 Å². The third-order valence-electron chi connectivity index (χ3n) is 2.83. The fourth-order valence-corrected chi connectivity index (χ4v) is 2.09. The van der Waals surface area contributed by atoms with E-state index in [2.05, 4.69) is 10.4 Å². The number of rotatable bonds is 4. The van der Waals surface area contributed by atoms with Gasteiger partial charge in [-0.05, 0) is 38.1 Å². The largest absolute Gasteiger partial charge is 0.392 e. The molecule has 0 radical (unpaired) electrons. The maximum absolute atomic E-state index is 11.9. The van der Waals surface area contributed by atoms with Gasteiger partial charge >= 0.3 is 0 Å². The van der Waals surface area contributed by atoms with E-state index in [1.807, 2.05) is 6.92 Å². The summed E-state index contributed by atoms with van der Waals surface area (Å²) < 4.78 is 1.61. The standard InChI is InChI=1S/C14H15Cl2N3O2/c1-8-5-13(14(21)17-7-9(2)20)18-19(8)10-3-4-11(15)12(16)6-10/h3-6,9,20H,7H2,1-2H3,(H,17,21)/t9-/m1/s1. The molecule has 0 unspecified atom stereocenters. The number of carbonyl (C=O) groups is 1. The maximum atomic E-state index is 11.9. The monoisotopic (exact) mass is 327 g/mol. The van der Waals surface area contributed by atoms with Crippen LogP contribution in [-0.2, 0) is 0 Å². The molecule has 0 fully saturated rings. The van der Waals surface area contributed by atoms with Crippen LogP contribution < -0.4 is 5.32 Å². The molecule has 21 heavy (non-hydrogen) atoms. The van der Waals surface area contributed by atoms with E-state index in [1.165, 1.54) is 0 Å². The first kappa shape index (κ1) is 15.8. The number of nitrogens with zero attached hydrogens (tertiary/aromatic N) is 2. The Balaban J connectivity index is 2.26. The average molecular weight is 328 g/mol. The van der Waals surface area contributed by atoms with Gasteiger partial charge in [0.25, 0.3) is 5.91 Å². The Kier molecular flexibility index (Phi) is 4.88. The summed E-state index contributed by atoms with van der Waals surface area (Å²) in [5, 5.41) is 16.9. The highest BCUT2D eigenvalue weighted by molar-refractivity contribution is 6.42. The first-order valence-corrected chi connectivity index (χ1v) is 7.12. The molecule has 0 aliphatic heterocycles. The van der Waals surface area contributed by atoms with Crippen LogP contribution in [0.1, 0.15) is 23.1 Å². The van der Waals surface area contributed by atoms with Crippen molar-refractivity contribution in [1.29, 1.82) is 0 Å². The van der Waals surface area contributed by atoms with Gasteiger partial charge in [-0.1, -0.05) is 23.2 Å². The van der Waals surface area contributed by atoms with Gasteiger partial charge in [0.1, 0.15) is 0 Å². The molecule has 1 aromatic heterocycles. The second-order valence-corrected chi connectivity index (χ2v) is 5.55. The van der Waals surface area contributed by atoms with Gasteiger partial charge in [0, 0.05) is 12.2 Å². The summed E-state index contributed by atoms with van der Waals surface area (Å²) in [5.41, 5.74) is 1.78. The van der Waals surface area contributed by atoms with Gasteiger partial charge < -0.3 is 10.4 Å². The number of aliphatic hydroxyl groups is 1. The van der Waals surface area contributed by atoms with Crippen LogP contribution in [0.3, 0.4) is 0 Å². The van der Waals surface area contributed by atoms with Gasteiger partial charge in [-0.2, -0.15) is 5.10 Å². The summed E-state index contributed by atoms with van der Waals surface area (Å²) in [4.78, 5) is 11.9. The molecule has 0 aliphatic rings. The van der Waals surface area contributed by atoms with Crippen molar-refractivity contribution in [3.8, 4) is 5.69 Å². The Morgan fingerprint density at radius 1 is 1.38 bits per heavy atom. The van der Waals surface area contributed by atoms with Gasteiger partial charge in [-0.3, -0.25) is 4.79 Å². The highest BCUT2D eigenvalue weighted by atomic mass is 35.5. The van der Waals surface area contributed by atoms with Crippen molar-refractivity contribution in [2.75, 3.05) is 6.54 Å². The molecule has 7 heteroatoms. The molecule has 0 saturated carbocycles. The zero-order chi connectivity index (χ0) is 15.6. The average Bonchev–Trinajstić information content (AvgIpc) is 2.81. The van der Waals surface area contributed by atoms with Crippen LogP contribution in [0.4, 0.5) is 0 Å². The Hall–Kier alpha value is -1.56. The SMILES string of the molecule is Cc1cc(C(=O)NC[C@@H](C)O)nn1-c1ccc(Cl)c(Cl)c1. The molecule has 1 atom stereocenters. The van der Waals surface area contributed by atoms with E-state index in [0.29, 0.717) is 10.0 Å². The van der Waals surface area contributed by atoms with E-state index >= 15 is 0 Å². The van der Waals surface area contributed by atoms with Gasteiger partial charge in [-0.25, -0.2) is 4.68 Å². The van der Waals surface area contributed by atoms with Crippen molar-refractivity contribution in [3.63, 3.8) is 0 Å². The van der Waals surface area contributed by atoms with Crippen LogP contribution >= 0.6 is 23.2 Å². The summed E-state index contributed by atoms with van der Waals surface area (Å²) in [6.07, 6.45) is -0.604. The van der Waals surface area contributed by atoms with E-state index in [4.69, 9.17) is 23.2 Å². The minimum Gasteiger partial charge on any atom is -0.392 e. The molecule has 0 spiro atoms. The number of halogens is 2. The number of amides is 1. The molecule has 0 saturated heterocycles. The lowest BCUT2D eigenvalue weighted by molar-refractivity contribution is 0.0918. The van der Waals surface area contributed by atoms with Crippen molar-refractivity contribution >= 4 is 29.1 Å². The van der Waals surface area contributed by atoms with Crippen LogP contribution in [0.5, 0.6) is 0 Å². The molecule has 0 bridgehead atoms. The Bertz CT molecular complexity index is 668. The summed E-state index contributed by atoms with van der Waals surface area (Å²) >= 11 is 11.9. The third kappa shape index (κ3) is 3.75. The normalized spacial score (nSPS) is 12.2. The zero-order valence-corrected chi connectivity index (χ0v) is 13.1. The number of hydrogen-bond donors (Lipinski definition) is 2. The maximum Gasteiger partial charge on any atom is 0.271 e. The van der Waals surface area contributed by atoms with Gasteiger partial charge in [0.2, 0.25) is 0 Å². The first-order valence-electron chi connectivity index (χ1n) is 6.37. The first-order chi connectivity index (χ1) is 9.88. The van der Waals surface area contributed by atoms with Crippen molar-refractivity contribution in [2.24, 2.45) is 0 Å². The predicted octanol–water partition coefficient (Wildman–Crippen LogP) is 2.60. The molecule has 5 nitrogen and oxygen atoms in total. The second-order valence-electron chi connectivity index (χ2n) is 4.74. The quantitative estimate of drug-likeness (QED) is 0.907. The van der Waals surface area contributed by atoms with Gasteiger partial charge in [-0.15, -0.1) is 0 Å². The minimum atomic E-state index is -0.604. The molecular formula is C14H15Cl2N3O2. The van der Waals surface area contributed by atoms with Crippen molar-refractivity contribution in [2.45, 2.75) is 20.0 Å². The summed E-state index contributed by atoms with van der Waals surface area (Å²) in [6, 6.07) is 6.79. The number of benzene rings is 1. The van der Waals surface area contributed by atoms with Crippen molar-refractivity contribution in [1.82, 2.24) is 15.1 Å². The fourth-order valence-electron chi connectivity index (χ4n) is 1.79. The van der Waals surface area contributed by atoms with Gasteiger partial charge in [0.05, 0.1) is 21.8 Å². The Labute approximate surface area is 132 Å². The topological polar surface area (TPSA) is 67.2 Å². The number of nitrogens with one attached hydrogen (secondary N) is 1. The number of aliphatic hydroxyl groups excluding tert-OH is 1. The third-order valence-corrected chi connectivity index (χ3v) is 3.56. The lowest BCUT2D eigenvalue weighted by Gasteiger charge is -2.06. The van der Waals surface area contributed by atoms with E-state index in [-0.39, 0.29) is 18.1 Å². The van der Waals surface area contributed by atoms with Crippen LogP contribution in [0.25, 0.3) is 5.69 Å². The summed E-state index contributed by atoms with van der Waals surface area (Å²) in [5.74, 6) is -0.335. The smallest absolute Gasteiger partial charge is 0.271 e. The lowest BCUT2D eigenvalue weighted by Crippen LogP contribution is -2.30. The molecule has 112 valence electrons. The van der Waals surface area contributed by atoms with Crippen molar-refractivity contribution in [3.05, 3.63) is 45.7 Å². The zero-order valence-electron chi connectivity index (χ0n) is 11.6. The number of carbonyl (C=O) groups excluding carboxylic acids is 1. The molecule has 2 N–H and O–H groups in total. The summed E-state index contributed by atoms with van der Waals surface area (Å²) in [6.45, 7) is 3.61. The molecule has 1 aromatic carbocycles. The highest BCUT2D eigenvalue weighted by Gasteiger charge is 2.14. The van der Waals surface area contributed by atoms with E-state index in [9.17, 15) is 9.90 Å². The molecule has 1 amide bonds. The minimum absolute atomic E-state index is 0.178. The number of aryl methyl sites for hydroxylation is 1. The Morgan fingerprint density at radius 3 is 2.71 bits per heavy atom. The van der Waals surface area contributed by atoms with Crippen LogP contribution in [0.15, 0.2) is 24.3 Å². The number of aromatic nitrogens is 2. The van der Waals surface area contributed by atoms with Crippen LogP contribution in [0.2, 0.25) is 10.0 Å². The van der Waals surface area contributed by atoms with E-state index in [0.717, 1.165) is 11.4 Å². The summed E-state index contributed by atoms with van der Waals surface area (Å²) in [7, 11) is 0. The molecule has 0 aliphatic carbocycles. The molecule has 2 rings (SSSR count). The van der Waals surface area contributed by atoms with E-state index in [1.54, 1.807) is 35.9 Å². The van der Waals surface area contributed by atoms with Gasteiger partial charge in [0.15, 0.2) is 5.69 Å². The van der Waals surface area contributed by atoms with E-state index < -0.39 is 6.10 Å². The second kappa shape index (κ2) is 6.47. The Morgan fingerprint density at radius 2 is 2.10 bits per heavy atom.